The third-order valence-electron chi connectivity index (χ3n) is 2.17. The number of rotatable bonds is 3. The van der Waals surface area contributed by atoms with Gasteiger partial charge in [0.05, 0.1) is 7.11 Å². The summed E-state index contributed by atoms with van der Waals surface area (Å²) in [6.07, 6.45) is -1.30. The van der Waals surface area contributed by atoms with Crippen LogP contribution < -0.4 is 15.2 Å². The predicted octanol–water partition coefficient (Wildman–Crippen LogP) is 1.09. The van der Waals surface area contributed by atoms with Crippen molar-refractivity contribution in [2.45, 2.75) is 6.41 Å². The van der Waals surface area contributed by atoms with E-state index in [9.17, 15) is 4.79 Å². The molecule has 1 fully saturated rings. The lowest BCUT2D eigenvalue weighted by Gasteiger charge is -2.16. The smallest absolute Gasteiger partial charge is 0.432 e. The van der Waals surface area contributed by atoms with Crippen LogP contribution in [-0.4, -0.2) is 26.7 Å². The fraction of sp³-hybridized carbons (Fsp3) is 0.300. The molecular formula is C10H12N2O4. The van der Waals surface area contributed by atoms with Gasteiger partial charge in [0, 0.05) is 7.11 Å². The van der Waals surface area contributed by atoms with Crippen LogP contribution in [0.3, 0.4) is 0 Å². The third-order valence-corrected chi connectivity index (χ3v) is 2.17. The lowest BCUT2D eigenvalue weighted by molar-refractivity contribution is -0.0722. The molecular weight excluding hydrogens is 212 g/mol. The Morgan fingerprint density at radius 2 is 2.12 bits per heavy atom. The molecule has 0 saturated carbocycles. The molecule has 2 rings (SSSR count). The number of hydrogen-bond acceptors (Lipinski definition) is 5. The van der Waals surface area contributed by atoms with Crippen LogP contribution in [0.2, 0.25) is 0 Å². The van der Waals surface area contributed by atoms with Gasteiger partial charge in [0.1, 0.15) is 11.4 Å². The van der Waals surface area contributed by atoms with Crippen molar-refractivity contribution in [2.75, 3.05) is 19.2 Å². The molecule has 6 nitrogen and oxygen atoms in total. The first kappa shape index (κ1) is 10.7. The van der Waals surface area contributed by atoms with Gasteiger partial charge in [0.2, 0.25) is 0 Å². The molecule has 1 unspecified atom stereocenters. The number of nitrogens with zero attached hydrogens (tertiary/aromatic N) is 1. The molecule has 1 heterocycles. The largest absolute Gasteiger partial charge is 0.495 e. The number of ether oxygens (including phenoxy) is 3. The van der Waals surface area contributed by atoms with Gasteiger partial charge in [-0.15, -0.1) is 0 Å². The average Bonchev–Trinajstić information content (AvgIpc) is 2.70. The standard InChI is InChI=1S/C10H12N2O4/c1-14-8-6-4-3-5-7(8)12-10(13)16-9(11-12)15-2/h3-6,9,11H,1-2H3. The summed E-state index contributed by atoms with van der Waals surface area (Å²) in [5.41, 5.74) is 3.32. The van der Waals surface area contributed by atoms with Crippen LogP contribution in [0.5, 0.6) is 5.75 Å². The fourth-order valence-electron chi connectivity index (χ4n) is 1.41. The minimum atomic E-state index is -0.766. The lowest BCUT2D eigenvalue weighted by Crippen LogP contribution is -2.38. The van der Waals surface area contributed by atoms with Crippen molar-refractivity contribution in [1.29, 1.82) is 0 Å². The van der Waals surface area contributed by atoms with E-state index in [-0.39, 0.29) is 0 Å². The summed E-state index contributed by atoms with van der Waals surface area (Å²) < 4.78 is 14.9. The Morgan fingerprint density at radius 1 is 1.38 bits per heavy atom. The zero-order valence-electron chi connectivity index (χ0n) is 8.97. The highest BCUT2D eigenvalue weighted by Crippen LogP contribution is 2.28. The second kappa shape index (κ2) is 4.38. The van der Waals surface area contributed by atoms with Gasteiger partial charge in [0.15, 0.2) is 0 Å². The number of carbonyl (C=O) groups is 1. The van der Waals surface area contributed by atoms with E-state index in [2.05, 4.69) is 5.43 Å². The molecule has 1 atom stereocenters. The maximum absolute atomic E-state index is 11.5. The van der Waals surface area contributed by atoms with E-state index in [1.165, 1.54) is 19.2 Å². The Labute approximate surface area is 92.7 Å². The molecule has 16 heavy (non-hydrogen) atoms. The van der Waals surface area contributed by atoms with Gasteiger partial charge >= 0.3 is 6.09 Å². The highest BCUT2D eigenvalue weighted by Gasteiger charge is 2.33. The van der Waals surface area contributed by atoms with Gasteiger partial charge in [-0.05, 0) is 12.1 Å². The Morgan fingerprint density at radius 3 is 2.75 bits per heavy atom. The Kier molecular flexibility index (Phi) is 2.93. The Hall–Kier alpha value is -1.79. The molecule has 1 aromatic carbocycles. The molecule has 1 amide bonds. The fourth-order valence-corrected chi connectivity index (χ4v) is 1.41. The number of methoxy groups -OCH3 is 2. The van der Waals surface area contributed by atoms with E-state index in [4.69, 9.17) is 14.2 Å². The zero-order valence-corrected chi connectivity index (χ0v) is 8.97. The maximum Gasteiger partial charge on any atom is 0.432 e. The molecule has 0 aromatic heterocycles. The normalized spacial score (nSPS) is 19.8. The average molecular weight is 224 g/mol. The number of benzene rings is 1. The van der Waals surface area contributed by atoms with Gasteiger partial charge < -0.3 is 14.2 Å². The summed E-state index contributed by atoms with van der Waals surface area (Å²) in [5.74, 6) is 0.573. The number of hydrogen-bond donors (Lipinski definition) is 1. The summed E-state index contributed by atoms with van der Waals surface area (Å²) >= 11 is 0. The Bertz CT molecular complexity index is 396. The summed E-state index contributed by atoms with van der Waals surface area (Å²) in [7, 11) is 2.98. The van der Waals surface area contributed by atoms with Crippen molar-refractivity contribution in [3.05, 3.63) is 24.3 Å². The number of nitrogens with one attached hydrogen (secondary N) is 1. The molecule has 1 saturated heterocycles. The van der Waals surface area contributed by atoms with E-state index in [1.54, 1.807) is 18.2 Å². The van der Waals surface area contributed by atoms with Crippen molar-refractivity contribution in [2.24, 2.45) is 0 Å². The second-order valence-electron chi connectivity index (χ2n) is 3.09. The monoisotopic (exact) mass is 224 g/mol. The van der Waals surface area contributed by atoms with E-state index < -0.39 is 12.5 Å². The number of hydrazine groups is 1. The van der Waals surface area contributed by atoms with E-state index in [1.807, 2.05) is 6.07 Å². The van der Waals surface area contributed by atoms with Crippen LogP contribution in [-0.2, 0) is 9.47 Å². The first-order valence-electron chi connectivity index (χ1n) is 4.69. The van der Waals surface area contributed by atoms with Crippen molar-refractivity contribution >= 4 is 11.8 Å². The lowest BCUT2D eigenvalue weighted by atomic mass is 10.3. The second-order valence-corrected chi connectivity index (χ2v) is 3.09. The molecule has 0 spiro atoms. The van der Waals surface area contributed by atoms with Crippen molar-refractivity contribution in [3.63, 3.8) is 0 Å². The molecule has 1 aliphatic rings. The van der Waals surface area contributed by atoms with Gasteiger partial charge in [-0.25, -0.2) is 9.80 Å². The van der Waals surface area contributed by atoms with Crippen LogP contribution in [0.4, 0.5) is 10.5 Å². The van der Waals surface area contributed by atoms with Crippen LogP contribution in [0.1, 0.15) is 0 Å². The van der Waals surface area contributed by atoms with Gasteiger partial charge in [0.25, 0.3) is 6.41 Å². The van der Waals surface area contributed by atoms with E-state index in [0.717, 1.165) is 0 Å². The number of cyclic esters (lactones) is 1. The summed E-state index contributed by atoms with van der Waals surface area (Å²) in [4.78, 5) is 11.5. The molecule has 86 valence electrons. The predicted molar refractivity (Wildman–Crippen MR) is 55.9 cm³/mol. The van der Waals surface area contributed by atoms with Gasteiger partial charge in [-0.2, -0.15) is 5.43 Å². The maximum atomic E-state index is 11.5. The topological polar surface area (TPSA) is 60.0 Å². The van der Waals surface area contributed by atoms with Crippen LogP contribution in [0.25, 0.3) is 0 Å². The van der Waals surface area contributed by atoms with Crippen molar-refractivity contribution < 1.29 is 19.0 Å². The van der Waals surface area contributed by atoms with Crippen LogP contribution in [0, 0.1) is 0 Å². The third kappa shape index (κ3) is 1.80. The summed E-state index contributed by atoms with van der Waals surface area (Å²) in [5, 5.41) is 1.24. The molecule has 1 aliphatic heterocycles. The molecule has 0 aliphatic carbocycles. The number of carbonyl (C=O) groups excluding carboxylic acids is 1. The summed E-state index contributed by atoms with van der Waals surface area (Å²) in [6.45, 7) is 0. The quantitative estimate of drug-likeness (QED) is 0.832. The van der Waals surface area contributed by atoms with Crippen LogP contribution in [0.15, 0.2) is 24.3 Å². The first-order valence-corrected chi connectivity index (χ1v) is 4.69. The molecule has 6 heteroatoms. The molecule has 1 aromatic rings. The minimum absolute atomic E-state index is 0.531. The number of amides is 1. The number of anilines is 1. The highest BCUT2D eigenvalue weighted by atomic mass is 16.7. The molecule has 1 N–H and O–H groups in total. The summed E-state index contributed by atoms with van der Waals surface area (Å²) in [6, 6.07) is 7.11. The molecule has 0 bridgehead atoms. The van der Waals surface area contributed by atoms with Gasteiger partial charge in [-0.1, -0.05) is 12.1 Å². The Balaban J connectivity index is 2.27. The van der Waals surface area contributed by atoms with E-state index >= 15 is 0 Å². The zero-order chi connectivity index (χ0) is 11.5. The first-order chi connectivity index (χ1) is 7.76. The number of para-hydroxylation sites is 2. The molecule has 0 radical (unpaired) electrons. The van der Waals surface area contributed by atoms with Gasteiger partial charge in [-0.3, -0.25) is 0 Å². The van der Waals surface area contributed by atoms with Crippen molar-refractivity contribution in [1.82, 2.24) is 5.43 Å². The minimum Gasteiger partial charge on any atom is -0.495 e. The van der Waals surface area contributed by atoms with Crippen LogP contribution >= 0.6 is 0 Å². The SMILES string of the molecule is COc1ccccc1N1NC(OC)OC1=O. The van der Waals surface area contributed by atoms with E-state index in [0.29, 0.717) is 11.4 Å². The highest BCUT2D eigenvalue weighted by molar-refractivity contribution is 5.90. The van der Waals surface area contributed by atoms with Crippen molar-refractivity contribution in [3.8, 4) is 5.75 Å².